The molecule has 1 fully saturated rings. The van der Waals surface area contributed by atoms with Crippen molar-refractivity contribution in [1.29, 1.82) is 0 Å². The summed E-state index contributed by atoms with van der Waals surface area (Å²) in [7, 11) is 0. The quantitative estimate of drug-likeness (QED) is 0.876. The minimum Gasteiger partial charge on any atom is -0.347 e. The van der Waals surface area contributed by atoms with Gasteiger partial charge < -0.3 is 15.2 Å². The molecule has 0 saturated carbocycles. The van der Waals surface area contributed by atoms with Crippen molar-refractivity contribution in [1.82, 2.24) is 9.88 Å². The van der Waals surface area contributed by atoms with Crippen LogP contribution >= 0.6 is 24.8 Å². The fraction of sp³-hybridized carbons (Fsp3) is 0.471. The molecule has 0 radical (unpaired) electrons. The third kappa shape index (κ3) is 4.63. The van der Waals surface area contributed by atoms with Gasteiger partial charge in [0.1, 0.15) is 0 Å². The van der Waals surface area contributed by atoms with Crippen LogP contribution in [-0.2, 0) is 11.3 Å². The van der Waals surface area contributed by atoms with Crippen LogP contribution in [-0.4, -0.2) is 23.6 Å². The molecule has 23 heavy (non-hydrogen) atoms. The summed E-state index contributed by atoms with van der Waals surface area (Å²) in [5.74, 6) is 0.849. The maximum absolute atomic E-state index is 12.1. The molecule has 2 aromatic rings. The molecule has 6 heteroatoms. The van der Waals surface area contributed by atoms with Crippen LogP contribution in [0.4, 0.5) is 5.69 Å². The molecular formula is C17H25Cl2N3O. The van der Waals surface area contributed by atoms with Crippen molar-refractivity contribution >= 4 is 47.3 Å². The SMILES string of the molecule is CC(C)Cn1ccc2cc(NC(=O)C3CCNC3)ccc21.Cl.Cl. The van der Waals surface area contributed by atoms with Crippen LogP contribution in [0, 0.1) is 11.8 Å². The molecular weight excluding hydrogens is 333 g/mol. The zero-order valence-corrected chi connectivity index (χ0v) is 15.2. The van der Waals surface area contributed by atoms with Crippen molar-refractivity contribution in [2.45, 2.75) is 26.8 Å². The van der Waals surface area contributed by atoms with E-state index in [0.717, 1.165) is 31.7 Å². The highest BCUT2D eigenvalue weighted by Crippen LogP contribution is 2.22. The van der Waals surface area contributed by atoms with E-state index in [1.54, 1.807) is 0 Å². The fourth-order valence-electron chi connectivity index (χ4n) is 2.95. The zero-order valence-electron chi connectivity index (χ0n) is 13.5. The molecule has 2 N–H and O–H groups in total. The molecule has 1 aliphatic heterocycles. The number of fused-ring (bicyclic) bond motifs is 1. The summed E-state index contributed by atoms with van der Waals surface area (Å²) in [6.07, 6.45) is 3.05. The van der Waals surface area contributed by atoms with E-state index >= 15 is 0 Å². The molecule has 4 nitrogen and oxygen atoms in total. The number of aromatic nitrogens is 1. The Kier molecular flexibility index (Phi) is 7.39. The standard InChI is InChI=1S/C17H23N3O.2ClH/c1-12(2)11-20-8-6-13-9-15(3-4-16(13)20)19-17(21)14-5-7-18-10-14;;/h3-4,6,8-9,12,14,18H,5,7,10-11H2,1-2H3,(H,19,21);2*1H. The average Bonchev–Trinajstić information content (AvgIpc) is 3.08. The number of nitrogens with zero attached hydrogens (tertiary/aromatic N) is 1. The number of benzene rings is 1. The summed E-state index contributed by atoms with van der Waals surface area (Å²) in [6, 6.07) is 8.27. The van der Waals surface area contributed by atoms with Crippen LogP contribution < -0.4 is 10.6 Å². The van der Waals surface area contributed by atoms with Crippen molar-refractivity contribution in [3.8, 4) is 0 Å². The lowest BCUT2D eigenvalue weighted by molar-refractivity contribution is -0.119. The predicted octanol–water partition coefficient (Wildman–Crippen LogP) is 3.69. The lowest BCUT2D eigenvalue weighted by Gasteiger charge is -2.11. The Bertz CT molecular complexity index is 648. The van der Waals surface area contributed by atoms with E-state index in [0.29, 0.717) is 5.92 Å². The lowest BCUT2D eigenvalue weighted by atomic mass is 10.1. The molecule has 1 aromatic heterocycles. The first kappa shape index (κ1) is 19.8. The molecule has 1 aliphatic rings. The Morgan fingerprint density at radius 1 is 1.35 bits per heavy atom. The Balaban J connectivity index is 0.00000132. The Morgan fingerprint density at radius 2 is 2.13 bits per heavy atom. The summed E-state index contributed by atoms with van der Waals surface area (Å²) >= 11 is 0. The monoisotopic (exact) mass is 357 g/mol. The van der Waals surface area contributed by atoms with E-state index in [2.05, 4.69) is 53.4 Å². The molecule has 3 rings (SSSR count). The molecule has 0 aliphatic carbocycles. The first-order valence-electron chi connectivity index (χ1n) is 7.74. The number of amides is 1. The van der Waals surface area contributed by atoms with Crippen molar-refractivity contribution in [2.24, 2.45) is 11.8 Å². The summed E-state index contributed by atoms with van der Waals surface area (Å²) in [5, 5.41) is 7.44. The molecule has 1 aromatic carbocycles. The van der Waals surface area contributed by atoms with Crippen LogP contribution in [0.1, 0.15) is 20.3 Å². The average molecular weight is 358 g/mol. The molecule has 1 atom stereocenters. The second-order valence-electron chi connectivity index (χ2n) is 6.31. The largest absolute Gasteiger partial charge is 0.347 e. The van der Waals surface area contributed by atoms with E-state index in [4.69, 9.17) is 0 Å². The number of halogens is 2. The van der Waals surface area contributed by atoms with Crippen LogP contribution in [0.15, 0.2) is 30.5 Å². The summed E-state index contributed by atoms with van der Waals surface area (Å²) in [6.45, 7) is 7.18. The van der Waals surface area contributed by atoms with E-state index in [1.165, 1.54) is 10.9 Å². The molecule has 128 valence electrons. The molecule has 1 unspecified atom stereocenters. The maximum atomic E-state index is 12.1. The number of carbonyl (C=O) groups excluding carboxylic acids is 1. The number of hydrogen-bond donors (Lipinski definition) is 2. The Hall–Kier alpha value is -1.23. The Labute approximate surface area is 149 Å². The van der Waals surface area contributed by atoms with Gasteiger partial charge in [0, 0.05) is 35.9 Å². The van der Waals surface area contributed by atoms with Crippen molar-refractivity contribution in [3.05, 3.63) is 30.5 Å². The molecule has 0 spiro atoms. The van der Waals surface area contributed by atoms with Gasteiger partial charge in [-0.3, -0.25) is 4.79 Å². The van der Waals surface area contributed by atoms with Gasteiger partial charge in [0.25, 0.3) is 0 Å². The first-order chi connectivity index (χ1) is 10.1. The van der Waals surface area contributed by atoms with Crippen molar-refractivity contribution < 1.29 is 4.79 Å². The van der Waals surface area contributed by atoms with Crippen molar-refractivity contribution in [3.63, 3.8) is 0 Å². The molecule has 1 saturated heterocycles. The van der Waals surface area contributed by atoms with Gasteiger partial charge in [-0.1, -0.05) is 13.8 Å². The van der Waals surface area contributed by atoms with E-state index in [-0.39, 0.29) is 36.6 Å². The van der Waals surface area contributed by atoms with Gasteiger partial charge in [0.05, 0.1) is 5.92 Å². The number of nitrogens with one attached hydrogen (secondary N) is 2. The van der Waals surface area contributed by atoms with Gasteiger partial charge in [0.2, 0.25) is 5.91 Å². The third-order valence-electron chi connectivity index (χ3n) is 4.03. The van der Waals surface area contributed by atoms with Gasteiger partial charge in [-0.05, 0) is 43.1 Å². The van der Waals surface area contributed by atoms with Crippen LogP contribution in [0.5, 0.6) is 0 Å². The molecule has 0 bridgehead atoms. The topological polar surface area (TPSA) is 46.1 Å². The number of hydrogen-bond acceptors (Lipinski definition) is 2. The number of rotatable bonds is 4. The fourth-order valence-corrected chi connectivity index (χ4v) is 2.95. The highest BCUT2D eigenvalue weighted by molar-refractivity contribution is 5.95. The minimum absolute atomic E-state index is 0. The lowest BCUT2D eigenvalue weighted by Crippen LogP contribution is -2.24. The first-order valence-corrected chi connectivity index (χ1v) is 7.74. The normalized spacial score (nSPS) is 16.9. The Morgan fingerprint density at radius 3 is 2.78 bits per heavy atom. The summed E-state index contributed by atoms with van der Waals surface area (Å²) < 4.78 is 2.27. The highest BCUT2D eigenvalue weighted by atomic mass is 35.5. The third-order valence-corrected chi connectivity index (χ3v) is 4.03. The second kappa shape index (κ2) is 8.57. The van der Waals surface area contributed by atoms with Gasteiger partial charge in [-0.2, -0.15) is 0 Å². The molecule has 1 amide bonds. The number of anilines is 1. The van der Waals surface area contributed by atoms with E-state index < -0.39 is 0 Å². The van der Waals surface area contributed by atoms with Crippen LogP contribution in [0.2, 0.25) is 0 Å². The van der Waals surface area contributed by atoms with E-state index in [1.807, 2.05) is 6.07 Å². The number of carbonyl (C=O) groups is 1. The second-order valence-corrected chi connectivity index (χ2v) is 6.31. The van der Waals surface area contributed by atoms with Gasteiger partial charge in [-0.15, -0.1) is 24.8 Å². The summed E-state index contributed by atoms with van der Waals surface area (Å²) in [5.41, 5.74) is 2.12. The minimum atomic E-state index is 0. The maximum Gasteiger partial charge on any atom is 0.228 e. The van der Waals surface area contributed by atoms with Gasteiger partial charge >= 0.3 is 0 Å². The predicted molar refractivity (Wildman–Crippen MR) is 101 cm³/mol. The highest BCUT2D eigenvalue weighted by Gasteiger charge is 2.22. The van der Waals surface area contributed by atoms with E-state index in [9.17, 15) is 4.79 Å². The van der Waals surface area contributed by atoms with Crippen LogP contribution in [0.3, 0.4) is 0 Å². The van der Waals surface area contributed by atoms with Crippen molar-refractivity contribution in [2.75, 3.05) is 18.4 Å². The van der Waals surface area contributed by atoms with Crippen LogP contribution in [0.25, 0.3) is 10.9 Å². The molecule has 2 heterocycles. The zero-order chi connectivity index (χ0) is 14.8. The van der Waals surface area contributed by atoms with Gasteiger partial charge in [-0.25, -0.2) is 0 Å². The smallest absolute Gasteiger partial charge is 0.228 e. The summed E-state index contributed by atoms with van der Waals surface area (Å²) in [4.78, 5) is 12.1. The van der Waals surface area contributed by atoms with Gasteiger partial charge in [0.15, 0.2) is 0 Å².